The van der Waals surface area contributed by atoms with Gasteiger partial charge in [0.2, 0.25) is 11.8 Å². The van der Waals surface area contributed by atoms with Crippen molar-refractivity contribution in [2.45, 2.75) is 45.7 Å². The second-order valence-corrected chi connectivity index (χ2v) is 7.24. The van der Waals surface area contributed by atoms with Gasteiger partial charge in [0.15, 0.2) is 0 Å². The summed E-state index contributed by atoms with van der Waals surface area (Å²) in [5.41, 5.74) is 1.71. The van der Waals surface area contributed by atoms with Gasteiger partial charge in [-0.2, -0.15) is 0 Å². The number of fused-ring (bicyclic) bond motifs is 1. The molecule has 6 heteroatoms. The quantitative estimate of drug-likeness (QED) is 0.731. The van der Waals surface area contributed by atoms with Crippen LogP contribution in [-0.2, 0) is 16.1 Å². The number of hydrogen-bond donors (Lipinski definition) is 0. The van der Waals surface area contributed by atoms with Crippen molar-refractivity contribution >= 4 is 11.8 Å². The largest absolute Gasteiger partial charge is 0.348 e. The zero-order valence-corrected chi connectivity index (χ0v) is 16.6. The molecule has 1 unspecified atom stereocenters. The minimum absolute atomic E-state index is 0.0143. The molecule has 0 bridgehead atoms. The summed E-state index contributed by atoms with van der Waals surface area (Å²) in [6.45, 7) is 5.82. The van der Waals surface area contributed by atoms with Crippen LogP contribution < -0.4 is 0 Å². The Balaban J connectivity index is 1.88. The molecule has 0 fully saturated rings. The lowest BCUT2D eigenvalue weighted by Crippen LogP contribution is -2.48. The Bertz CT molecular complexity index is 833. The Kier molecular flexibility index (Phi) is 6.49. The van der Waals surface area contributed by atoms with Crippen LogP contribution >= 0.6 is 0 Å². The highest BCUT2D eigenvalue weighted by Crippen LogP contribution is 2.32. The summed E-state index contributed by atoms with van der Waals surface area (Å²) in [7, 11) is 0. The second-order valence-electron chi connectivity index (χ2n) is 7.24. The maximum atomic E-state index is 13.9. The van der Waals surface area contributed by atoms with Crippen molar-refractivity contribution in [3.05, 3.63) is 59.7 Å². The first-order chi connectivity index (χ1) is 13.5. The summed E-state index contributed by atoms with van der Waals surface area (Å²) < 4.78 is 16.0. The predicted molar refractivity (Wildman–Crippen MR) is 106 cm³/mol. The fourth-order valence-electron chi connectivity index (χ4n) is 3.87. The van der Waals surface area contributed by atoms with Gasteiger partial charge in [0.05, 0.1) is 12.6 Å². The Morgan fingerprint density at radius 1 is 1.14 bits per heavy atom. The molecule has 2 heterocycles. The second kappa shape index (κ2) is 9.04. The molecule has 0 aliphatic carbocycles. The van der Waals surface area contributed by atoms with Crippen molar-refractivity contribution < 1.29 is 14.0 Å². The van der Waals surface area contributed by atoms with Crippen molar-refractivity contribution in [3.8, 4) is 0 Å². The number of rotatable bonds is 7. The molecule has 2 amide bonds. The molecular formula is C22H28FN3O2. The maximum absolute atomic E-state index is 13.9. The Labute approximate surface area is 165 Å². The minimum atomic E-state index is -0.350. The van der Waals surface area contributed by atoms with E-state index in [-0.39, 0.29) is 30.2 Å². The highest BCUT2D eigenvalue weighted by molar-refractivity contribution is 5.85. The fraction of sp³-hybridized carbons (Fsp3) is 0.455. The number of halogens is 1. The molecule has 1 aromatic heterocycles. The van der Waals surface area contributed by atoms with Crippen LogP contribution in [0.25, 0.3) is 0 Å². The van der Waals surface area contributed by atoms with E-state index in [1.807, 2.05) is 38.2 Å². The Morgan fingerprint density at radius 2 is 1.96 bits per heavy atom. The van der Waals surface area contributed by atoms with Crippen LogP contribution in [-0.4, -0.2) is 45.8 Å². The van der Waals surface area contributed by atoms with E-state index in [0.29, 0.717) is 26.1 Å². The summed E-state index contributed by atoms with van der Waals surface area (Å²) in [5.74, 6) is -0.403. The number of carbonyl (C=O) groups is 2. The van der Waals surface area contributed by atoms with Crippen molar-refractivity contribution in [2.24, 2.45) is 0 Å². The van der Waals surface area contributed by atoms with Gasteiger partial charge in [-0.05, 0) is 42.7 Å². The van der Waals surface area contributed by atoms with Crippen molar-refractivity contribution in [1.29, 1.82) is 0 Å². The van der Waals surface area contributed by atoms with E-state index in [2.05, 4.69) is 4.57 Å². The first-order valence-corrected chi connectivity index (χ1v) is 10.0. The lowest BCUT2D eigenvalue weighted by molar-refractivity contribution is -0.142. The van der Waals surface area contributed by atoms with Gasteiger partial charge in [0.25, 0.3) is 0 Å². The number of benzene rings is 1. The zero-order valence-electron chi connectivity index (χ0n) is 16.6. The monoisotopic (exact) mass is 385 g/mol. The molecule has 3 rings (SSSR count). The van der Waals surface area contributed by atoms with Crippen LogP contribution in [0.5, 0.6) is 0 Å². The molecule has 2 aromatic rings. The highest BCUT2D eigenvalue weighted by atomic mass is 19.1. The van der Waals surface area contributed by atoms with Crippen molar-refractivity contribution in [2.75, 3.05) is 19.6 Å². The van der Waals surface area contributed by atoms with E-state index < -0.39 is 0 Å². The SMILES string of the molecule is CCCC(=O)N(CCC)CC(=O)N1CCn2cccc2C1c1cccc(F)c1. The van der Waals surface area contributed by atoms with Crippen molar-refractivity contribution in [1.82, 2.24) is 14.4 Å². The summed E-state index contributed by atoms with van der Waals surface area (Å²) >= 11 is 0. The van der Waals surface area contributed by atoms with E-state index in [1.165, 1.54) is 12.1 Å². The average molecular weight is 385 g/mol. The third-order valence-corrected chi connectivity index (χ3v) is 5.16. The molecule has 0 radical (unpaired) electrons. The molecule has 1 aliphatic rings. The lowest BCUT2D eigenvalue weighted by Gasteiger charge is -2.38. The standard InChI is InChI=1S/C22H28FN3O2/c1-3-7-20(27)25(11-4-2)16-21(28)26-14-13-24-12-6-10-19(24)22(26)17-8-5-9-18(23)15-17/h5-6,8-10,12,15,22H,3-4,7,11,13-14,16H2,1-2H3. The van der Waals surface area contributed by atoms with Gasteiger partial charge in [0.1, 0.15) is 5.82 Å². The minimum Gasteiger partial charge on any atom is -0.348 e. The predicted octanol–water partition coefficient (Wildman–Crippen LogP) is 3.60. The molecule has 0 saturated heterocycles. The van der Waals surface area contributed by atoms with Gasteiger partial charge in [-0.25, -0.2) is 4.39 Å². The summed E-state index contributed by atoms with van der Waals surface area (Å²) in [6.07, 6.45) is 4.00. The van der Waals surface area contributed by atoms with Gasteiger partial charge in [-0.1, -0.05) is 26.0 Å². The molecule has 28 heavy (non-hydrogen) atoms. The molecule has 1 aromatic carbocycles. The third kappa shape index (κ3) is 4.26. The van der Waals surface area contributed by atoms with E-state index in [0.717, 1.165) is 24.1 Å². The first-order valence-electron chi connectivity index (χ1n) is 10.0. The first kappa shape index (κ1) is 20.1. The third-order valence-electron chi connectivity index (χ3n) is 5.16. The molecule has 0 N–H and O–H groups in total. The lowest BCUT2D eigenvalue weighted by atomic mass is 9.99. The molecule has 1 atom stereocenters. The highest BCUT2D eigenvalue weighted by Gasteiger charge is 2.33. The molecule has 0 saturated carbocycles. The van der Waals surface area contributed by atoms with E-state index in [1.54, 1.807) is 15.9 Å². The normalized spacial score (nSPS) is 16.0. The van der Waals surface area contributed by atoms with E-state index in [9.17, 15) is 14.0 Å². The van der Waals surface area contributed by atoms with Crippen LogP contribution in [0.2, 0.25) is 0 Å². The zero-order chi connectivity index (χ0) is 20.1. The molecular weight excluding hydrogens is 357 g/mol. The summed E-state index contributed by atoms with van der Waals surface area (Å²) in [4.78, 5) is 29.1. The molecule has 150 valence electrons. The Hall–Kier alpha value is -2.63. The van der Waals surface area contributed by atoms with Crippen LogP contribution in [0.15, 0.2) is 42.6 Å². The van der Waals surface area contributed by atoms with Crippen LogP contribution in [0, 0.1) is 5.82 Å². The fourth-order valence-corrected chi connectivity index (χ4v) is 3.87. The van der Waals surface area contributed by atoms with E-state index >= 15 is 0 Å². The van der Waals surface area contributed by atoms with Gasteiger partial charge < -0.3 is 14.4 Å². The number of hydrogen-bond acceptors (Lipinski definition) is 2. The van der Waals surface area contributed by atoms with Crippen LogP contribution in [0.4, 0.5) is 4.39 Å². The van der Waals surface area contributed by atoms with Gasteiger partial charge in [-0.15, -0.1) is 0 Å². The molecule has 1 aliphatic heterocycles. The van der Waals surface area contributed by atoms with Crippen molar-refractivity contribution in [3.63, 3.8) is 0 Å². The average Bonchev–Trinajstić information content (AvgIpc) is 3.15. The number of amides is 2. The number of nitrogens with zero attached hydrogens (tertiary/aromatic N) is 3. The van der Waals surface area contributed by atoms with Gasteiger partial charge in [-0.3, -0.25) is 9.59 Å². The number of aromatic nitrogens is 1. The van der Waals surface area contributed by atoms with Crippen LogP contribution in [0.1, 0.15) is 50.4 Å². The molecule has 0 spiro atoms. The smallest absolute Gasteiger partial charge is 0.243 e. The van der Waals surface area contributed by atoms with Crippen LogP contribution in [0.3, 0.4) is 0 Å². The van der Waals surface area contributed by atoms with Gasteiger partial charge >= 0.3 is 0 Å². The molecule has 5 nitrogen and oxygen atoms in total. The number of carbonyl (C=O) groups excluding carboxylic acids is 2. The Morgan fingerprint density at radius 3 is 2.68 bits per heavy atom. The van der Waals surface area contributed by atoms with E-state index in [4.69, 9.17) is 0 Å². The summed E-state index contributed by atoms with van der Waals surface area (Å²) in [6, 6.07) is 9.98. The summed E-state index contributed by atoms with van der Waals surface area (Å²) in [5, 5.41) is 0. The van der Waals surface area contributed by atoms with Gasteiger partial charge in [0, 0.05) is 37.9 Å². The topological polar surface area (TPSA) is 45.6 Å². The maximum Gasteiger partial charge on any atom is 0.243 e.